The van der Waals surface area contributed by atoms with Crippen LogP contribution in [0.25, 0.3) is 11.3 Å². The van der Waals surface area contributed by atoms with E-state index in [9.17, 15) is 4.79 Å². The Hall–Kier alpha value is -4.06. The molecule has 0 radical (unpaired) electrons. The molecule has 0 bridgehead atoms. The number of carbonyl (C=O) groups excluding carboxylic acids is 1. The Kier molecular flexibility index (Phi) is 7.54. The number of hydrogen-bond donors (Lipinski definition) is 2. The number of thiazole rings is 1. The second-order valence-corrected chi connectivity index (χ2v) is 9.87. The summed E-state index contributed by atoms with van der Waals surface area (Å²) in [6, 6.07) is 40.1. The Morgan fingerprint density at radius 1 is 0.757 bits per heavy atom. The molecular formula is C32H29N3OS. The van der Waals surface area contributed by atoms with E-state index < -0.39 is 5.54 Å². The molecule has 0 saturated heterocycles. The molecule has 1 unspecified atom stereocenters. The first-order chi connectivity index (χ1) is 18.2. The summed E-state index contributed by atoms with van der Waals surface area (Å²) in [6.45, 7) is 0. The van der Waals surface area contributed by atoms with Gasteiger partial charge in [-0.2, -0.15) is 0 Å². The smallest absolute Gasteiger partial charge is 0.221 e. The number of rotatable bonds is 9. The van der Waals surface area contributed by atoms with Crippen LogP contribution in [0.15, 0.2) is 127 Å². The van der Waals surface area contributed by atoms with Crippen LogP contribution in [0, 0.1) is 0 Å². The minimum Gasteiger partial charge on any atom is -0.338 e. The standard InChI is InChI=1S/C32H29N3OS/c33-28(31-34-29(23-37-31)24-13-5-1-6-14-24)21-22-30(36)35-32(25-15-7-2-8-16-25,26-17-9-3-10-18-26)27-19-11-4-12-20-27/h1-20,23,28H,21-22,33H2,(H,35,36). The van der Waals surface area contributed by atoms with Gasteiger partial charge in [-0.05, 0) is 23.1 Å². The van der Waals surface area contributed by atoms with Crippen molar-refractivity contribution < 1.29 is 4.79 Å². The SMILES string of the molecule is NC(CCC(=O)NC(c1ccccc1)(c1ccccc1)c1ccccc1)c1nc(-c2ccccc2)cs1. The third kappa shape index (κ3) is 5.38. The second-order valence-electron chi connectivity index (χ2n) is 8.98. The molecule has 1 aromatic heterocycles. The van der Waals surface area contributed by atoms with Crippen molar-refractivity contribution in [3.63, 3.8) is 0 Å². The first-order valence-electron chi connectivity index (χ1n) is 12.4. The Morgan fingerprint density at radius 2 is 1.22 bits per heavy atom. The van der Waals surface area contributed by atoms with E-state index in [1.807, 2.05) is 90.3 Å². The summed E-state index contributed by atoms with van der Waals surface area (Å²) in [4.78, 5) is 18.3. The largest absolute Gasteiger partial charge is 0.338 e. The van der Waals surface area contributed by atoms with Crippen molar-refractivity contribution in [1.29, 1.82) is 0 Å². The van der Waals surface area contributed by atoms with Crippen molar-refractivity contribution in [2.24, 2.45) is 5.73 Å². The molecule has 0 aliphatic heterocycles. The molecule has 0 spiro atoms. The lowest BCUT2D eigenvalue weighted by atomic mass is 9.77. The maximum Gasteiger partial charge on any atom is 0.221 e. The zero-order valence-electron chi connectivity index (χ0n) is 20.5. The van der Waals surface area contributed by atoms with E-state index in [1.54, 1.807) is 11.3 Å². The van der Waals surface area contributed by atoms with Crippen LogP contribution in [-0.4, -0.2) is 10.9 Å². The van der Waals surface area contributed by atoms with Crippen molar-refractivity contribution in [3.8, 4) is 11.3 Å². The maximum atomic E-state index is 13.6. The molecule has 1 heterocycles. The van der Waals surface area contributed by atoms with Crippen molar-refractivity contribution in [2.75, 3.05) is 0 Å². The molecule has 5 aromatic rings. The molecular weight excluding hydrogens is 474 g/mol. The molecule has 0 fully saturated rings. The average molecular weight is 504 g/mol. The molecule has 5 heteroatoms. The summed E-state index contributed by atoms with van der Waals surface area (Å²) in [6.07, 6.45) is 0.789. The molecule has 4 nitrogen and oxygen atoms in total. The van der Waals surface area contributed by atoms with E-state index in [-0.39, 0.29) is 18.4 Å². The van der Waals surface area contributed by atoms with Gasteiger partial charge in [-0.1, -0.05) is 121 Å². The normalized spacial score (nSPS) is 12.1. The number of aromatic nitrogens is 1. The van der Waals surface area contributed by atoms with E-state index in [0.29, 0.717) is 6.42 Å². The number of amides is 1. The number of carbonyl (C=O) groups is 1. The molecule has 3 N–H and O–H groups in total. The summed E-state index contributed by atoms with van der Waals surface area (Å²) in [5.41, 5.74) is 10.6. The van der Waals surface area contributed by atoms with Crippen LogP contribution < -0.4 is 11.1 Å². The summed E-state index contributed by atoms with van der Waals surface area (Å²) < 4.78 is 0. The van der Waals surface area contributed by atoms with Crippen LogP contribution in [0.4, 0.5) is 0 Å². The molecule has 0 aliphatic carbocycles. The van der Waals surface area contributed by atoms with Crippen LogP contribution in [0.5, 0.6) is 0 Å². The van der Waals surface area contributed by atoms with Gasteiger partial charge in [-0.15, -0.1) is 11.3 Å². The van der Waals surface area contributed by atoms with E-state index >= 15 is 0 Å². The fourth-order valence-corrected chi connectivity index (χ4v) is 5.53. The van der Waals surface area contributed by atoms with Gasteiger partial charge in [0, 0.05) is 17.4 Å². The summed E-state index contributed by atoms with van der Waals surface area (Å²) in [7, 11) is 0. The van der Waals surface area contributed by atoms with Crippen LogP contribution in [0.1, 0.15) is 40.6 Å². The number of nitrogens with zero attached hydrogens (tertiary/aromatic N) is 1. The number of benzene rings is 4. The predicted octanol–water partition coefficient (Wildman–Crippen LogP) is 6.70. The summed E-state index contributed by atoms with van der Waals surface area (Å²) >= 11 is 1.54. The van der Waals surface area contributed by atoms with Crippen LogP contribution in [-0.2, 0) is 10.3 Å². The lowest BCUT2D eigenvalue weighted by Gasteiger charge is -2.37. The lowest BCUT2D eigenvalue weighted by molar-refractivity contribution is -0.122. The monoisotopic (exact) mass is 503 g/mol. The lowest BCUT2D eigenvalue weighted by Crippen LogP contribution is -2.47. The zero-order valence-corrected chi connectivity index (χ0v) is 21.3. The van der Waals surface area contributed by atoms with Crippen molar-refractivity contribution in [2.45, 2.75) is 24.4 Å². The van der Waals surface area contributed by atoms with Gasteiger partial charge in [0.25, 0.3) is 0 Å². The molecule has 1 amide bonds. The topological polar surface area (TPSA) is 68.0 Å². The van der Waals surface area contributed by atoms with Gasteiger partial charge in [0.1, 0.15) is 10.5 Å². The number of hydrogen-bond acceptors (Lipinski definition) is 4. The molecule has 184 valence electrons. The maximum absolute atomic E-state index is 13.6. The van der Waals surface area contributed by atoms with Gasteiger partial charge in [0.2, 0.25) is 5.91 Å². The fourth-order valence-electron chi connectivity index (χ4n) is 4.66. The van der Waals surface area contributed by atoms with Crippen LogP contribution >= 0.6 is 11.3 Å². The third-order valence-electron chi connectivity index (χ3n) is 6.54. The summed E-state index contributed by atoms with van der Waals surface area (Å²) in [5.74, 6) is -0.0631. The van der Waals surface area contributed by atoms with E-state index in [1.165, 1.54) is 0 Å². The second kappa shape index (κ2) is 11.3. The minimum atomic E-state index is -0.827. The quantitative estimate of drug-likeness (QED) is 0.220. The highest BCUT2D eigenvalue weighted by Crippen LogP contribution is 2.37. The van der Waals surface area contributed by atoms with Crippen molar-refractivity contribution in [3.05, 3.63) is 148 Å². The first kappa shape index (κ1) is 24.6. The molecule has 5 rings (SSSR count). The fraction of sp³-hybridized carbons (Fsp3) is 0.125. The Labute approximate surface area is 221 Å². The van der Waals surface area contributed by atoms with Gasteiger partial charge in [0.05, 0.1) is 11.7 Å². The average Bonchev–Trinajstić information content (AvgIpc) is 3.47. The molecule has 0 aliphatic rings. The molecule has 37 heavy (non-hydrogen) atoms. The van der Waals surface area contributed by atoms with Crippen LogP contribution in [0.3, 0.4) is 0 Å². The highest BCUT2D eigenvalue weighted by Gasteiger charge is 2.37. The number of nitrogens with two attached hydrogens (primary N) is 1. The van der Waals surface area contributed by atoms with Gasteiger partial charge in [0.15, 0.2) is 0 Å². The van der Waals surface area contributed by atoms with E-state index in [0.717, 1.165) is 33.0 Å². The van der Waals surface area contributed by atoms with Gasteiger partial charge in [-0.3, -0.25) is 4.79 Å². The number of nitrogens with one attached hydrogen (secondary N) is 1. The first-order valence-corrected chi connectivity index (χ1v) is 13.3. The molecule has 1 atom stereocenters. The highest BCUT2D eigenvalue weighted by molar-refractivity contribution is 7.10. The minimum absolute atomic E-state index is 0.0631. The van der Waals surface area contributed by atoms with E-state index in [2.05, 4.69) is 41.7 Å². The van der Waals surface area contributed by atoms with E-state index in [4.69, 9.17) is 10.7 Å². The summed E-state index contributed by atoms with van der Waals surface area (Å²) in [5, 5.41) is 6.27. The predicted molar refractivity (Wildman–Crippen MR) is 151 cm³/mol. The third-order valence-corrected chi connectivity index (χ3v) is 7.52. The van der Waals surface area contributed by atoms with Crippen LogP contribution in [0.2, 0.25) is 0 Å². The Balaban J connectivity index is 1.40. The van der Waals surface area contributed by atoms with Gasteiger partial charge in [-0.25, -0.2) is 4.98 Å². The van der Waals surface area contributed by atoms with Crippen molar-refractivity contribution >= 4 is 17.2 Å². The van der Waals surface area contributed by atoms with Crippen molar-refractivity contribution in [1.82, 2.24) is 10.3 Å². The Bertz CT molecular complexity index is 1320. The zero-order chi connectivity index (χ0) is 25.5. The van der Waals surface area contributed by atoms with Gasteiger partial charge < -0.3 is 11.1 Å². The highest BCUT2D eigenvalue weighted by atomic mass is 32.1. The Morgan fingerprint density at radius 3 is 1.70 bits per heavy atom. The molecule has 4 aromatic carbocycles. The molecule has 0 saturated carbocycles. The van der Waals surface area contributed by atoms with Gasteiger partial charge >= 0.3 is 0 Å².